The lowest BCUT2D eigenvalue weighted by Gasteiger charge is -2.12. The molecule has 0 heterocycles. The van der Waals surface area contributed by atoms with Crippen LogP contribution in [-0.2, 0) is 11.3 Å². The largest absolute Gasteiger partial charge is 0.380 e. The van der Waals surface area contributed by atoms with E-state index >= 15 is 0 Å². The van der Waals surface area contributed by atoms with Gasteiger partial charge in [-0.1, -0.05) is 0 Å². The van der Waals surface area contributed by atoms with E-state index in [9.17, 15) is 8.78 Å². The van der Waals surface area contributed by atoms with Crippen molar-refractivity contribution in [1.82, 2.24) is 5.32 Å². The lowest BCUT2D eigenvalue weighted by molar-refractivity contribution is 0.117. The monoisotopic (exact) mass is 293 g/mol. The molecule has 90 valence electrons. The van der Waals surface area contributed by atoms with E-state index in [1.165, 1.54) is 12.1 Å². The van der Waals surface area contributed by atoms with Gasteiger partial charge in [-0.05, 0) is 35.0 Å². The summed E-state index contributed by atoms with van der Waals surface area (Å²) in [6, 6.07) is 2.59. The molecule has 0 aromatic heterocycles. The first kappa shape index (κ1) is 13.5. The first-order chi connectivity index (χ1) is 7.56. The lowest BCUT2D eigenvalue weighted by Crippen LogP contribution is -2.26. The van der Waals surface area contributed by atoms with Crippen molar-refractivity contribution in [3.8, 4) is 0 Å². The average molecular weight is 294 g/mol. The molecule has 1 atom stereocenters. The predicted octanol–water partition coefficient (Wildman–Crippen LogP) is 2.85. The van der Waals surface area contributed by atoms with Gasteiger partial charge in [-0.2, -0.15) is 0 Å². The molecule has 0 spiro atoms. The smallest absolute Gasteiger partial charge is 0.144 e. The van der Waals surface area contributed by atoms with Crippen LogP contribution in [0.4, 0.5) is 8.78 Å². The minimum atomic E-state index is -0.558. The van der Waals surface area contributed by atoms with Crippen molar-refractivity contribution in [1.29, 1.82) is 0 Å². The third kappa shape index (κ3) is 3.50. The van der Waals surface area contributed by atoms with Gasteiger partial charge in [0.1, 0.15) is 11.6 Å². The van der Waals surface area contributed by atoms with Gasteiger partial charge in [0.05, 0.1) is 10.6 Å². The summed E-state index contributed by atoms with van der Waals surface area (Å²) < 4.78 is 32.1. The molecule has 0 fully saturated rings. The van der Waals surface area contributed by atoms with Crippen LogP contribution in [0.1, 0.15) is 12.5 Å². The lowest BCUT2D eigenvalue weighted by atomic mass is 10.2. The molecule has 2 nitrogen and oxygen atoms in total. The maximum absolute atomic E-state index is 13.5. The number of ether oxygens (including phenoxy) is 1. The fourth-order valence-corrected chi connectivity index (χ4v) is 1.59. The summed E-state index contributed by atoms with van der Waals surface area (Å²) in [5.41, 5.74) is 0.0395. The Morgan fingerprint density at radius 2 is 2.12 bits per heavy atom. The summed E-state index contributed by atoms with van der Waals surface area (Å²) >= 11 is 3.02. The van der Waals surface area contributed by atoms with Crippen LogP contribution in [-0.4, -0.2) is 19.8 Å². The Bertz CT molecular complexity index is 360. The highest BCUT2D eigenvalue weighted by Gasteiger charge is 2.12. The number of benzene rings is 1. The average Bonchev–Trinajstić information content (AvgIpc) is 2.28. The second-order valence-electron chi connectivity index (χ2n) is 3.50. The Labute approximate surface area is 102 Å². The minimum absolute atomic E-state index is 0.0123. The highest BCUT2D eigenvalue weighted by atomic mass is 79.9. The molecular weight excluding hydrogens is 280 g/mol. The zero-order valence-corrected chi connectivity index (χ0v) is 10.8. The van der Waals surface area contributed by atoms with E-state index in [0.717, 1.165) is 0 Å². The molecule has 0 amide bonds. The van der Waals surface area contributed by atoms with Crippen molar-refractivity contribution in [3.63, 3.8) is 0 Å². The molecule has 5 heteroatoms. The summed E-state index contributed by atoms with van der Waals surface area (Å²) in [6.45, 7) is 2.56. The fourth-order valence-electron chi connectivity index (χ4n) is 1.21. The van der Waals surface area contributed by atoms with Crippen LogP contribution < -0.4 is 5.32 Å². The summed E-state index contributed by atoms with van der Waals surface area (Å²) in [5.74, 6) is -1.10. The molecular formula is C11H14BrF2NO. The van der Waals surface area contributed by atoms with Crippen LogP contribution >= 0.6 is 15.9 Å². The molecule has 0 saturated heterocycles. The van der Waals surface area contributed by atoms with Gasteiger partial charge in [-0.25, -0.2) is 8.78 Å². The number of methoxy groups -OCH3 is 1. The van der Waals surface area contributed by atoms with Gasteiger partial charge in [0, 0.05) is 25.8 Å². The third-order valence-electron chi connectivity index (χ3n) is 2.27. The van der Waals surface area contributed by atoms with Crippen LogP contribution in [0.3, 0.4) is 0 Å². The van der Waals surface area contributed by atoms with Crippen molar-refractivity contribution in [2.75, 3.05) is 13.7 Å². The molecule has 1 unspecified atom stereocenters. The summed E-state index contributed by atoms with van der Waals surface area (Å²) in [5, 5.41) is 2.94. The highest BCUT2D eigenvalue weighted by Crippen LogP contribution is 2.21. The Balaban J connectivity index is 2.63. The first-order valence-electron chi connectivity index (χ1n) is 4.92. The van der Waals surface area contributed by atoms with E-state index in [4.69, 9.17) is 4.74 Å². The van der Waals surface area contributed by atoms with Gasteiger partial charge in [0.2, 0.25) is 0 Å². The zero-order chi connectivity index (χ0) is 12.1. The Morgan fingerprint density at radius 3 is 2.75 bits per heavy atom. The molecule has 0 aliphatic heterocycles. The van der Waals surface area contributed by atoms with E-state index < -0.39 is 11.6 Å². The van der Waals surface area contributed by atoms with E-state index in [2.05, 4.69) is 21.2 Å². The van der Waals surface area contributed by atoms with E-state index in [1.54, 1.807) is 7.11 Å². The maximum atomic E-state index is 13.5. The van der Waals surface area contributed by atoms with Gasteiger partial charge >= 0.3 is 0 Å². The highest BCUT2D eigenvalue weighted by molar-refractivity contribution is 9.10. The molecule has 1 N–H and O–H groups in total. The quantitative estimate of drug-likeness (QED) is 0.843. The fraction of sp³-hybridized carbons (Fsp3) is 0.455. The normalized spacial score (nSPS) is 12.8. The molecule has 1 aromatic rings. The Hall–Kier alpha value is -0.520. The van der Waals surface area contributed by atoms with Gasteiger partial charge in [0.15, 0.2) is 0 Å². The molecule has 1 aromatic carbocycles. The SMILES string of the molecule is COC(C)CNCc1c(F)ccc(Br)c1F. The molecule has 0 bridgehead atoms. The molecule has 16 heavy (non-hydrogen) atoms. The summed E-state index contributed by atoms with van der Waals surface area (Å²) in [6.07, 6.45) is 0.0123. The third-order valence-corrected chi connectivity index (χ3v) is 2.89. The number of rotatable bonds is 5. The number of halogens is 3. The second kappa shape index (κ2) is 6.27. The summed E-state index contributed by atoms with van der Waals surface area (Å²) in [7, 11) is 1.59. The van der Waals surface area contributed by atoms with Crippen molar-refractivity contribution in [3.05, 3.63) is 33.8 Å². The topological polar surface area (TPSA) is 21.3 Å². The number of nitrogens with one attached hydrogen (secondary N) is 1. The van der Waals surface area contributed by atoms with Crippen LogP contribution in [0.25, 0.3) is 0 Å². The van der Waals surface area contributed by atoms with Crippen molar-refractivity contribution >= 4 is 15.9 Å². The molecule has 0 saturated carbocycles. The molecule has 0 aliphatic carbocycles. The van der Waals surface area contributed by atoms with Gasteiger partial charge in [-0.3, -0.25) is 0 Å². The first-order valence-corrected chi connectivity index (χ1v) is 5.71. The standard InChI is InChI=1S/C11H14BrF2NO/c1-7(16-2)5-15-6-8-10(13)4-3-9(12)11(8)14/h3-4,7,15H,5-6H2,1-2H3. The van der Waals surface area contributed by atoms with Crippen molar-refractivity contribution < 1.29 is 13.5 Å². The molecule has 0 aliphatic rings. The van der Waals surface area contributed by atoms with Crippen LogP contribution in [0.5, 0.6) is 0 Å². The zero-order valence-electron chi connectivity index (χ0n) is 9.19. The van der Waals surface area contributed by atoms with E-state index in [1.807, 2.05) is 6.92 Å². The van der Waals surface area contributed by atoms with Crippen LogP contribution in [0.15, 0.2) is 16.6 Å². The summed E-state index contributed by atoms with van der Waals surface area (Å²) in [4.78, 5) is 0. The van der Waals surface area contributed by atoms with Crippen LogP contribution in [0.2, 0.25) is 0 Å². The van der Waals surface area contributed by atoms with Gasteiger partial charge in [-0.15, -0.1) is 0 Å². The maximum Gasteiger partial charge on any atom is 0.144 e. The van der Waals surface area contributed by atoms with Crippen molar-refractivity contribution in [2.45, 2.75) is 19.6 Å². The molecule has 1 rings (SSSR count). The molecule has 0 radical (unpaired) electrons. The predicted molar refractivity (Wildman–Crippen MR) is 62.2 cm³/mol. The van der Waals surface area contributed by atoms with Crippen molar-refractivity contribution in [2.24, 2.45) is 0 Å². The number of hydrogen-bond acceptors (Lipinski definition) is 2. The van der Waals surface area contributed by atoms with E-state index in [-0.39, 0.29) is 22.7 Å². The Morgan fingerprint density at radius 1 is 1.44 bits per heavy atom. The van der Waals surface area contributed by atoms with Crippen LogP contribution in [0, 0.1) is 11.6 Å². The second-order valence-corrected chi connectivity index (χ2v) is 4.35. The van der Waals surface area contributed by atoms with Gasteiger partial charge < -0.3 is 10.1 Å². The number of hydrogen-bond donors (Lipinski definition) is 1. The Kier molecular flexibility index (Phi) is 5.31. The van der Waals surface area contributed by atoms with E-state index in [0.29, 0.717) is 6.54 Å². The minimum Gasteiger partial charge on any atom is -0.380 e. The van der Waals surface area contributed by atoms with Gasteiger partial charge in [0.25, 0.3) is 0 Å².